The Bertz CT molecular complexity index is 558. The van der Waals surface area contributed by atoms with Crippen LogP contribution in [0.4, 0.5) is 0 Å². The van der Waals surface area contributed by atoms with E-state index in [-0.39, 0.29) is 6.04 Å². The van der Waals surface area contributed by atoms with Crippen LogP contribution in [0.15, 0.2) is 29.1 Å². The maximum atomic E-state index is 5.77. The van der Waals surface area contributed by atoms with Gasteiger partial charge in [0.1, 0.15) is 0 Å². The van der Waals surface area contributed by atoms with E-state index in [1.807, 2.05) is 17.6 Å². The highest BCUT2D eigenvalue weighted by Gasteiger charge is 2.11. The highest BCUT2D eigenvalue weighted by molar-refractivity contribution is 7.07. The van der Waals surface area contributed by atoms with E-state index in [1.54, 1.807) is 18.4 Å². The normalized spacial score (nSPS) is 12.1. The van der Waals surface area contributed by atoms with Crippen molar-refractivity contribution in [3.8, 4) is 11.5 Å². The third-order valence-corrected chi connectivity index (χ3v) is 4.15. The summed E-state index contributed by atoms with van der Waals surface area (Å²) in [4.78, 5) is 4.28. The van der Waals surface area contributed by atoms with Crippen molar-refractivity contribution in [1.82, 2.24) is 10.3 Å². The molecule has 22 heavy (non-hydrogen) atoms. The summed E-state index contributed by atoms with van der Waals surface area (Å²) in [5.41, 5.74) is 4.10. The van der Waals surface area contributed by atoms with E-state index in [2.05, 4.69) is 35.6 Å². The molecule has 0 spiro atoms. The van der Waals surface area contributed by atoms with E-state index in [0.29, 0.717) is 0 Å². The highest BCUT2D eigenvalue weighted by atomic mass is 32.1. The van der Waals surface area contributed by atoms with Gasteiger partial charge >= 0.3 is 0 Å². The molecule has 0 aliphatic rings. The lowest BCUT2D eigenvalue weighted by molar-refractivity contribution is 0.288. The quantitative estimate of drug-likeness (QED) is 0.704. The van der Waals surface area contributed by atoms with Crippen LogP contribution in [0.25, 0.3) is 0 Å². The van der Waals surface area contributed by atoms with Crippen molar-refractivity contribution in [2.45, 2.75) is 39.3 Å². The average Bonchev–Trinajstić information content (AvgIpc) is 3.06. The molecule has 120 valence electrons. The molecule has 1 aromatic heterocycles. The Labute approximate surface area is 136 Å². The predicted octanol–water partition coefficient (Wildman–Crippen LogP) is 4.18. The maximum Gasteiger partial charge on any atom is 0.161 e. The van der Waals surface area contributed by atoms with Crippen LogP contribution in [0, 0.1) is 0 Å². The first-order valence-electron chi connectivity index (χ1n) is 7.65. The van der Waals surface area contributed by atoms with Gasteiger partial charge in [-0.05, 0) is 31.0 Å². The molecule has 1 heterocycles. The number of hydrogen-bond donors (Lipinski definition) is 1. The van der Waals surface area contributed by atoms with Gasteiger partial charge in [0.2, 0.25) is 0 Å². The first kappa shape index (κ1) is 16.8. The molecule has 5 heteroatoms. The number of thiazole rings is 1. The Morgan fingerprint density at radius 1 is 1.32 bits per heavy atom. The minimum absolute atomic E-state index is 0.222. The summed E-state index contributed by atoms with van der Waals surface area (Å²) in [6.45, 7) is 5.78. The molecule has 0 saturated heterocycles. The van der Waals surface area contributed by atoms with Crippen LogP contribution in [0.3, 0.4) is 0 Å². The lowest BCUT2D eigenvalue weighted by Gasteiger charge is -2.16. The Hall–Kier alpha value is -1.59. The summed E-state index contributed by atoms with van der Waals surface area (Å²) in [5, 5.41) is 5.53. The molecule has 0 aliphatic carbocycles. The van der Waals surface area contributed by atoms with Gasteiger partial charge in [-0.15, -0.1) is 11.3 Å². The number of rotatable bonds is 9. The average molecular weight is 320 g/mol. The minimum Gasteiger partial charge on any atom is -0.493 e. The van der Waals surface area contributed by atoms with E-state index in [4.69, 9.17) is 9.47 Å². The fourth-order valence-corrected chi connectivity index (χ4v) is 2.66. The number of ether oxygens (including phenoxy) is 2. The van der Waals surface area contributed by atoms with Gasteiger partial charge in [-0.25, -0.2) is 4.98 Å². The third kappa shape index (κ3) is 4.71. The molecule has 0 saturated carbocycles. The van der Waals surface area contributed by atoms with Crippen LogP contribution in [-0.2, 0) is 6.54 Å². The second kappa shape index (κ2) is 8.76. The van der Waals surface area contributed by atoms with E-state index in [0.717, 1.165) is 43.2 Å². The Kier molecular flexibility index (Phi) is 6.68. The van der Waals surface area contributed by atoms with Gasteiger partial charge in [0, 0.05) is 18.0 Å². The molecule has 0 aliphatic heterocycles. The summed E-state index contributed by atoms with van der Waals surface area (Å²) >= 11 is 1.62. The van der Waals surface area contributed by atoms with Crippen LogP contribution in [0.2, 0.25) is 0 Å². The molecule has 4 nitrogen and oxygen atoms in total. The molecule has 1 unspecified atom stereocenters. The smallest absolute Gasteiger partial charge is 0.161 e. The summed E-state index contributed by atoms with van der Waals surface area (Å²) in [7, 11) is 1.68. The van der Waals surface area contributed by atoms with Gasteiger partial charge in [-0.3, -0.25) is 0 Å². The van der Waals surface area contributed by atoms with Crippen molar-refractivity contribution in [2.24, 2.45) is 0 Å². The molecule has 1 aromatic carbocycles. The summed E-state index contributed by atoms with van der Waals surface area (Å²) in [6, 6.07) is 6.34. The zero-order valence-corrected chi connectivity index (χ0v) is 14.3. The molecule has 0 amide bonds. The monoisotopic (exact) mass is 320 g/mol. The van der Waals surface area contributed by atoms with Crippen molar-refractivity contribution in [3.05, 3.63) is 40.3 Å². The lowest BCUT2D eigenvalue weighted by atomic mass is 10.1. The Morgan fingerprint density at radius 2 is 2.18 bits per heavy atom. The number of benzene rings is 1. The first-order valence-corrected chi connectivity index (χ1v) is 8.60. The minimum atomic E-state index is 0.222. The van der Waals surface area contributed by atoms with Crippen LogP contribution in [-0.4, -0.2) is 18.7 Å². The molecule has 2 aromatic rings. The zero-order valence-electron chi connectivity index (χ0n) is 13.5. The number of nitrogens with zero attached hydrogens (tertiary/aromatic N) is 1. The van der Waals surface area contributed by atoms with Crippen molar-refractivity contribution in [2.75, 3.05) is 13.7 Å². The van der Waals surface area contributed by atoms with Crippen LogP contribution < -0.4 is 14.8 Å². The topological polar surface area (TPSA) is 43.4 Å². The summed E-state index contributed by atoms with van der Waals surface area (Å²) < 4.78 is 11.2. The Balaban J connectivity index is 1.98. The summed E-state index contributed by atoms with van der Waals surface area (Å²) in [5.74, 6) is 1.60. The van der Waals surface area contributed by atoms with Gasteiger partial charge in [0.15, 0.2) is 11.5 Å². The maximum absolute atomic E-state index is 5.77. The number of methoxy groups -OCH3 is 1. The van der Waals surface area contributed by atoms with Gasteiger partial charge in [-0.2, -0.15) is 0 Å². The second-order valence-corrected chi connectivity index (χ2v) is 5.91. The summed E-state index contributed by atoms with van der Waals surface area (Å²) in [6.07, 6.45) is 2.18. The van der Waals surface area contributed by atoms with Crippen molar-refractivity contribution in [1.29, 1.82) is 0 Å². The van der Waals surface area contributed by atoms with Gasteiger partial charge < -0.3 is 14.8 Å². The zero-order chi connectivity index (χ0) is 15.8. The number of aromatic nitrogens is 1. The standard InChI is InChI=1S/C17H24N2O2S/c1-4-5-8-21-16-7-6-14(9-17(16)20-3)13(2)18-10-15-11-22-12-19-15/h6-7,9,11-13,18H,4-5,8,10H2,1-3H3. The number of hydrogen-bond acceptors (Lipinski definition) is 5. The number of nitrogens with one attached hydrogen (secondary N) is 1. The van der Waals surface area contributed by atoms with Crippen molar-refractivity contribution < 1.29 is 9.47 Å². The molecule has 0 bridgehead atoms. The van der Waals surface area contributed by atoms with Crippen molar-refractivity contribution in [3.63, 3.8) is 0 Å². The SMILES string of the molecule is CCCCOc1ccc(C(C)NCc2cscn2)cc1OC. The van der Waals surface area contributed by atoms with Crippen molar-refractivity contribution >= 4 is 11.3 Å². The molecule has 2 rings (SSSR count). The van der Waals surface area contributed by atoms with Crippen LogP contribution in [0.5, 0.6) is 11.5 Å². The fourth-order valence-electron chi connectivity index (χ4n) is 2.10. The molecule has 1 N–H and O–H groups in total. The largest absolute Gasteiger partial charge is 0.493 e. The third-order valence-electron chi connectivity index (χ3n) is 3.52. The highest BCUT2D eigenvalue weighted by Crippen LogP contribution is 2.30. The second-order valence-electron chi connectivity index (χ2n) is 5.19. The molecular weight excluding hydrogens is 296 g/mol. The Morgan fingerprint density at radius 3 is 2.86 bits per heavy atom. The van der Waals surface area contributed by atoms with Gasteiger partial charge in [0.25, 0.3) is 0 Å². The van der Waals surface area contributed by atoms with E-state index >= 15 is 0 Å². The molecular formula is C17H24N2O2S. The van der Waals surface area contributed by atoms with Crippen LogP contribution in [0.1, 0.15) is 44.0 Å². The predicted molar refractivity (Wildman–Crippen MR) is 90.8 cm³/mol. The van der Waals surface area contributed by atoms with E-state index in [9.17, 15) is 0 Å². The lowest BCUT2D eigenvalue weighted by Crippen LogP contribution is -2.18. The number of unbranched alkanes of at least 4 members (excludes halogenated alkanes) is 1. The van der Waals surface area contributed by atoms with Gasteiger partial charge in [-0.1, -0.05) is 19.4 Å². The van der Waals surface area contributed by atoms with Crippen LogP contribution >= 0.6 is 11.3 Å². The fraction of sp³-hybridized carbons (Fsp3) is 0.471. The molecule has 0 fully saturated rings. The molecule has 0 radical (unpaired) electrons. The first-order chi connectivity index (χ1) is 10.7. The van der Waals surface area contributed by atoms with E-state index < -0.39 is 0 Å². The van der Waals surface area contributed by atoms with Gasteiger partial charge in [0.05, 0.1) is 24.9 Å². The molecule has 1 atom stereocenters. The van der Waals surface area contributed by atoms with E-state index in [1.165, 1.54) is 5.56 Å².